The summed E-state index contributed by atoms with van der Waals surface area (Å²) in [6, 6.07) is 16.7. The van der Waals surface area contributed by atoms with Gasteiger partial charge in [0.2, 0.25) is 0 Å². The predicted molar refractivity (Wildman–Crippen MR) is 123 cm³/mol. The summed E-state index contributed by atoms with van der Waals surface area (Å²) < 4.78 is 5.26. The molecule has 0 atom stereocenters. The van der Waals surface area contributed by atoms with Gasteiger partial charge in [0.15, 0.2) is 5.96 Å². The summed E-state index contributed by atoms with van der Waals surface area (Å²) in [5, 5.41) is 6.69. The van der Waals surface area contributed by atoms with E-state index in [2.05, 4.69) is 63.0 Å². The van der Waals surface area contributed by atoms with Crippen LogP contribution in [0.1, 0.15) is 11.1 Å². The standard InChI is InChI=1S/C21H26N4O.HI/c1-22-21(24-16-18-6-5-7-20(14-18)26-2)23-15-17-8-10-19(11-9-17)25-12-3-4-13-25;/h3-11,14H,12-13,15-16H2,1-2H3,(H2,22,23,24);1H. The number of nitrogens with one attached hydrogen (secondary N) is 2. The first-order valence-electron chi connectivity index (χ1n) is 8.85. The minimum atomic E-state index is 0. The van der Waals surface area contributed by atoms with Crippen molar-refractivity contribution in [3.63, 3.8) is 0 Å². The Morgan fingerprint density at radius 2 is 1.67 bits per heavy atom. The van der Waals surface area contributed by atoms with E-state index in [4.69, 9.17) is 4.74 Å². The van der Waals surface area contributed by atoms with Crippen LogP contribution in [-0.4, -0.2) is 33.2 Å². The second kappa shape index (κ2) is 10.8. The summed E-state index contributed by atoms with van der Waals surface area (Å²) in [6.07, 6.45) is 4.40. The van der Waals surface area contributed by atoms with Gasteiger partial charge in [-0.1, -0.05) is 36.4 Å². The molecule has 0 spiro atoms. The Balaban J connectivity index is 0.00000261. The minimum Gasteiger partial charge on any atom is -0.497 e. The maximum atomic E-state index is 5.26. The van der Waals surface area contributed by atoms with E-state index in [0.29, 0.717) is 6.54 Å². The zero-order valence-electron chi connectivity index (χ0n) is 15.8. The Labute approximate surface area is 178 Å². The maximum absolute atomic E-state index is 5.26. The molecule has 0 bridgehead atoms. The molecule has 0 fully saturated rings. The topological polar surface area (TPSA) is 48.9 Å². The second-order valence-electron chi connectivity index (χ2n) is 6.17. The van der Waals surface area contributed by atoms with Crippen LogP contribution in [0.2, 0.25) is 0 Å². The number of benzene rings is 2. The van der Waals surface area contributed by atoms with E-state index in [9.17, 15) is 0 Å². The summed E-state index contributed by atoms with van der Waals surface area (Å²) in [4.78, 5) is 6.63. The van der Waals surface area contributed by atoms with Crippen molar-refractivity contribution in [3.8, 4) is 5.75 Å². The molecule has 0 radical (unpaired) electrons. The van der Waals surface area contributed by atoms with Gasteiger partial charge in [0.1, 0.15) is 5.75 Å². The molecule has 0 aliphatic carbocycles. The summed E-state index contributed by atoms with van der Waals surface area (Å²) in [5.74, 6) is 1.64. The molecule has 1 aliphatic rings. The molecule has 0 aromatic heterocycles. The average molecular weight is 478 g/mol. The monoisotopic (exact) mass is 478 g/mol. The van der Waals surface area contributed by atoms with Gasteiger partial charge < -0.3 is 20.3 Å². The fraction of sp³-hybridized carbons (Fsp3) is 0.286. The maximum Gasteiger partial charge on any atom is 0.191 e. The molecule has 0 saturated heterocycles. The minimum absolute atomic E-state index is 0. The van der Waals surface area contributed by atoms with Crippen molar-refractivity contribution < 1.29 is 4.74 Å². The van der Waals surface area contributed by atoms with Crippen molar-refractivity contribution in [3.05, 3.63) is 71.8 Å². The van der Waals surface area contributed by atoms with E-state index in [0.717, 1.165) is 36.9 Å². The molecule has 0 amide bonds. The third-order valence-corrected chi connectivity index (χ3v) is 4.40. The third kappa shape index (κ3) is 6.16. The Morgan fingerprint density at radius 3 is 2.30 bits per heavy atom. The Bertz CT molecular complexity index is 766. The number of hydrogen-bond donors (Lipinski definition) is 2. The molecule has 1 aliphatic heterocycles. The average Bonchev–Trinajstić information content (AvgIpc) is 3.23. The first-order chi connectivity index (χ1) is 12.8. The zero-order valence-corrected chi connectivity index (χ0v) is 18.1. The number of hydrogen-bond acceptors (Lipinski definition) is 3. The van der Waals surface area contributed by atoms with E-state index in [1.165, 1.54) is 11.3 Å². The van der Waals surface area contributed by atoms with E-state index < -0.39 is 0 Å². The number of rotatable bonds is 6. The van der Waals surface area contributed by atoms with Crippen molar-refractivity contribution in [1.29, 1.82) is 0 Å². The molecule has 2 aromatic carbocycles. The molecule has 2 aromatic rings. The number of aliphatic imine (C=N–C) groups is 1. The highest BCUT2D eigenvalue weighted by Gasteiger charge is 2.07. The van der Waals surface area contributed by atoms with Crippen molar-refractivity contribution in [2.75, 3.05) is 32.1 Å². The van der Waals surface area contributed by atoms with Gasteiger partial charge in [-0.2, -0.15) is 0 Å². The Morgan fingerprint density at radius 1 is 1.00 bits per heavy atom. The van der Waals surface area contributed by atoms with Gasteiger partial charge in [0, 0.05) is 38.9 Å². The molecule has 2 N–H and O–H groups in total. The number of anilines is 1. The van der Waals surface area contributed by atoms with Gasteiger partial charge in [-0.05, 0) is 35.4 Å². The fourth-order valence-electron chi connectivity index (χ4n) is 2.89. The highest BCUT2D eigenvalue weighted by atomic mass is 127. The van der Waals surface area contributed by atoms with Gasteiger partial charge in [0.25, 0.3) is 0 Å². The molecule has 0 saturated carbocycles. The SMILES string of the molecule is CN=C(NCc1ccc(N2CC=CC2)cc1)NCc1cccc(OC)c1.I. The largest absolute Gasteiger partial charge is 0.497 e. The van der Waals surface area contributed by atoms with Gasteiger partial charge >= 0.3 is 0 Å². The smallest absolute Gasteiger partial charge is 0.191 e. The lowest BCUT2D eigenvalue weighted by molar-refractivity contribution is 0.414. The predicted octanol–water partition coefficient (Wildman–Crippen LogP) is 3.55. The highest BCUT2D eigenvalue weighted by Crippen LogP contribution is 2.17. The van der Waals surface area contributed by atoms with E-state index in [1.807, 2.05) is 18.2 Å². The molecule has 27 heavy (non-hydrogen) atoms. The van der Waals surface area contributed by atoms with Gasteiger partial charge in [-0.3, -0.25) is 4.99 Å². The van der Waals surface area contributed by atoms with Crippen LogP contribution in [0.25, 0.3) is 0 Å². The fourth-order valence-corrected chi connectivity index (χ4v) is 2.89. The number of nitrogens with zero attached hydrogens (tertiary/aromatic N) is 2. The molecule has 1 heterocycles. The van der Waals surface area contributed by atoms with Crippen LogP contribution in [-0.2, 0) is 13.1 Å². The van der Waals surface area contributed by atoms with Crippen molar-refractivity contribution >= 4 is 35.6 Å². The van der Waals surface area contributed by atoms with Gasteiger partial charge in [0.05, 0.1) is 7.11 Å². The van der Waals surface area contributed by atoms with Crippen LogP contribution < -0.4 is 20.3 Å². The summed E-state index contributed by atoms with van der Waals surface area (Å²) in [6.45, 7) is 3.42. The Kier molecular flexibility index (Phi) is 8.44. The third-order valence-electron chi connectivity index (χ3n) is 4.40. The van der Waals surface area contributed by atoms with Crippen LogP contribution in [0.15, 0.2) is 65.7 Å². The highest BCUT2D eigenvalue weighted by molar-refractivity contribution is 14.0. The van der Waals surface area contributed by atoms with Crippen molar-refractivity contribution in [2.45, 2.75) is 13.1 Å². The van der Waals surface area contributed by atoms with Crippen LogP contribution in [0, 0.1) is 0 Å². The number of halogens is 1. The number of methoxy groups -OCH3 is 1. The lowest BCUT2D eigenvalue weighted by Gasteiger charge is -2.18. The molecule has 6 heteroatoms. The quantitative estimate of drug-likeness (QED) is 0.289. The molecular formula is C21H27IN4O. The van der Waals surface area contributed by atoms with Crippen molar-refractivity contribution in [2.24, 2.45) is 4.99 Å². The van der Waals surface area contributed by atoms with Crippen molar-refractivity contribution in [1.82, 2.24) is 10.6 Å². The summed E-state index contributed by atoms with van der Waals surface area (Å²) >= 11 is 0. The Hall–Kier alpha value is -2.22. The van der Waals surface area contributed by atoms with E-state index in [1.54, 1.807) is 14.2 Å². The number of guanidine groups is 1. The molecule has 144 valence electrons. The van der Waals surface area contributed by atoms with E-state index >= 15 is 0 Å². The van der Waals surface area contributed by atoms with E-state index in [-0.39, 0.29) is 24.0 Å². The molecule has 5 nitrogen and oxygen atoms in total. The second-order valence-corrected chi connectivity index (χ2v) is 6.17. The van der Waals surface area contributed by atoms with Crippen LogP contribution in [0.5, 0.6) is 5.75 Å². The first kappa shape index (κ1) is 21.1. The lowest BCUT2D eigenvalue weighted by atomic mass is 10.2. The van der Waals surface area contributed by atoms with Crippen LogP contribution in [0.4, 0.5) is 5.69 Å². The number of ether oxygens (including phenoxy) is 1. The zero-order chi connectivity index (χ0) is 18.2. The molecular weight excluding hydrogens is 451 g/mol. The molecule has 0 unspecified atom stereocenters. The van der Waals surface area contributed by atoms with Gasteiger partial charge in [-0.25, -0.2) is 0 Å². The lowest BCUT2D eigenvalue weighted by Crippen LogP contribution is -2.36. The molecule has 3 rings (SSSR count). The van der Waals surface area contributed by atoms with Gasteiger partial charge in [-0.15, -0.1) is 24.0 Å². The summed E-state index contributed by atoms with van der Waals surface area (Å²) in [5.41, 5.74) is 3.64. The first-order valence-corrected chi connectivity index (χ1v) is 8.85. The summed E-state index contributed by atoms with van der Waals surface area (Å²) in [7, 11) is 3.46. The normalized spacial score (nSPS) is 13.3. The van der Waals surface area contributed by atoms with Crippen LogP contribution >= 0.6 is 24.0 Å². The van der Waals surface area contributed by atoms with Crippen LogP contribution in [0.3, 0.4) is 0 Å².